The van der Waals surface area contributed by atoms with Gasteiger partial charge in [-0.15, -0.1) is 12.4 Å². The maximum absolute atomic E-state index is 14.0. The Bertz CT molecular complexity index is 637. The summed E-state index contributed by atoms with van der Waals surface area (Å²) in [5.41, 5.74) is 1.24. The van der Waals surface area contributed by atoms with E-state index in [1.807, 2.05) is 0 Å². The van der Waals surface area contributed by atoms with Gasteiger partial charge < -0.3 is 10.2 Å². The molecule has 5 unspecified atom stereocenters. The summed E-state index contributed by atoms with van der Waals surface area (Å²) < 4.78 is 0. The van der Waals surface area contributed by atoms with Gasteiger partial charge in [-0.05, 0) is 68.9 Å². The molecule has 0 spiro atoms. The normalized spacial score (nSPS) is 38.1. The highest BCUT2D eigenvalue weighted by atomic mass is 35.5. The maximum Gasteiger partial charge on any atom is 0.229 e. The minimum absolute atomic E-state index is 0. The standard InChI is InChI=1S/C22H30N2O.ClH/c25-21(24-19-8-9-20(24)15-23-11-10-19)22(13-16-4-2-1-3-5-16)14-17-6-7-18(22)12-17;/h1-5,17-20,23H,6-15H2;1H. The molecular formula is C22H31ClN2O. The average Bonchev–Trinajstić information content (AvgIpc) is 3.28. The third-order valence-corrected chi connectivity index (χ3v) is 7.65. The highest BCUT2D eigenvalue weighted by Crippen LogP contribution is 2.58. The molecule has 2 saturated heterocycles. The summed E-state index contributed by atoms with van der Waals surface area (Å²) in [5, 5.41) is 3.56. The summed E-state index contributed by atoms with van der Waals surface area (Å²) in [6.45, 7) is 2.07. The molecule has 0 radical (unpaired) electrons. The van der Waals surface area contributed by atoms with Crippen LogP contribution >= 0.6 is 12.4 Å². The molecule has 4 bridgehead atoms. The zero-order valence-electron chi connectivity index (χ0n) is 15.5. The van der Waals surface area contributed by atoms with E-state index < -0.39 is 0 Å². The summed E-state index contributed by atoms with van der Waals surface area (Å²) >= 11 is 0. The highest BCUT2D eigenvalue weighted by Gasteiger charge is 2.58. The number of benzene rings is 1. The predicted molar refractivity (Wildman–Crippen MR) is 106 cm³/mol. The number of amides is 1. The molecule has 2 aliphatic carbocycles. The van der Waals surface area contributed by atoms with Crippen LogP contribution in [0, 0.1) is 17.3 Å². The van der Waals surface area contributed by atoms with Gasteiger partial charge in [0.05, 0.1) is 5.41 Å². The number of carbonyl (C=O) groups is 1. The molecule has 5 atom stereocenters. The zero-order valence-corrected chi connectivity index (χ0v) is 16.3. The average molecular weight is 375 g/mol. The molecule has 142 valence electrons. The van der Waals surface area contributed by atoms with Crippen molar-refractivity contribution in [3.63, 3.8) is 0 Å². The molecule has 3 nitrogen and oxygen atoms in total. The summed E-state index contributed by atoms with van der Waals surface area (Å²) in [7, 11) is 0. The van der Waals surface area contributed by atoms with E-state index in [9.17, 15) is 4.79 Å². The number of carbonyl (C=O) groups excluding carboxylic acids is 1. The molecule has 4 fully saturated rings. The van der Waals surface area contributed by atoms with Crippen LogP contribution < -0.4 is 5.32 Å². The summed E-state index contributed by atoms with van der Waals surface area (Å²) in [5.74, 6) is 1.92. The Morgan fingerprint density at radius 3 is 2.62 bits per heavy atom. The van der Waals surface area contributed by atoms with Crippen molar-refractivity contribution >= 4 is 18.3 Å². The fourth-order valence-electron chi connectivity index (χ4n) is 6.53. The van der Waals surface area contributed by atoms with Crippen LogP contribution in [0.1, 0.15) is 50.5 Å². The molecule has 4 heteroatoms. The van der Waals surface area contributed by atoms with E-state index in [1.54, 1.807) is 0 Å². The number of hydrogen-bond donors (Lipinski definition) is 1. The van der Waals surface area contributed by atoms with Crippen LogP contribution in [0.4, 0.5) is 0 Å². The Kier molecular flexibility index (Phi) is 5.04. The Labute approximate surface area is 163 Å². The van der Waals surface area contributed by atoms with Crippen LogP contribution in [0.15, 0.2) is 30.3 Å². The largest absolute Gasteiger partial charge is 0.335 e. The van der Waals surface area contributed by atoms with E-state index in [4.69, 9.17) is 0 Å². The van der Waals surface area contributed by atoms with Crippen molar-refractivity contribution in [3.8, 4) is 0 Å². The Balaban J connectivity index is 0.00000168. The van der Waals surface area contributed by atoms with Crippen molar-refractivity contribution in [2.75, 3.05) is 13.1 Å². The van der Waals surface area contributed by atoms with Crippen LogP contribution in [-0.2, 0) is 11.2 Å². The van der Waals surface area contributed by atoms with Gasteiger partial charge in [-0.1, -0.05) is 36.8 Å². The summed E-state index contributed by atoms with van der Waals surface area (Å²) in [6, 6.07) is 11.7. The SMILES string of the molecule is Cl.O=C(N1C2CCNCC1CC2)C1(Cc2ccccc2)CC2CCC1C2. The highest BCUT2D eigenvalue weighted by molar-refractivity contribution is 5.85. The summed E-state index contributed by atoms with van der Waals surface area (Å²) in [6.07, 6.45) is 9.55. The maximum atomic E-state index is 14.0. The second-order valence-corrected chi connectivity index (χ2v) is 8.99. The lowest BCUT2D eigenvalue weighted by Gasteiger charge is -2.42. The summed E-state index contributed by atoms with van der Waals surface area (Å²) in [4.78, 5) is 16.4. The van der Waals surface area contributed by atoms with Crippen molar-refractivity contribution in [3.05, 3.63) is 35.9 Å². The van der Waals surface area contributed by atoms with Gasteiger partial charge in [0.25, 0.3) is 0 Å². The third kappa shape index (κ3) is 2.88. The molecule has 26 heavy (non-hydrogen) atoms. The molecule has 1 aromatic rings. The fraction of sp³-hybridized carbons (Fsp3) is 0.682. The quantitative estimate of drug-likeness (QED) is 0.872. The van der Waals surface area contributed by atoms with Crippen LogP contribution in [0.25, 0.3) is 0 Å². The van der Waals surface area contributed by atoms with Crippen LogP contribution in [0.2, 0.25) is 0 Å². The van der Waals surface area contributed by atoms with Crippen molar-refractivity contribution < 1.29 is 4.79 Å². The smallest absolute Gasteiger partial charge is 0.229 e. The fourth-order valence-corrected chi connectivity index (χ4v) is 6.53. The number of rotatable bonds is 3. The van der Waals surface area contributed by atoms with Crippen molar-refractivity contribution in [1.29, 1.82) is 0 Å². The lowest BCUT2D eigenvalue weighted by Crippen LogP contribution is -2.53. The van der Waals surface area contributed by atoms with Crippen molar-refractivity contribution in [2.24, 2.45) is 17.3 Å². The van der Waals surface area contributed by atoms with Gasteiger partial charge in [0, 0.05) is 18.6 Å². The molecule has 4 aliphatic rings. The predicted octanol–water partition coefficient (Wildman–Crippen LogP) is 3.81. The number of halogens is 1. The van der Waals surface area contributed by atoms with Gasteiger partial charge in [0.1, 0.15) is 0 Å². The van der Waals surface area contributed by atoms with Crippen molar-refractivity contribution in [1.82, 2.24) is 10.2 Å². The molecule has 1 amide bonds. The lowest BCUT2D eigenvalue weighted by molar-refractivity contribution is -0.148. The van der Waals surface area contributed by atoms with Gasteiger partial charge in [-0.2, -0.15) is 0 Å². The first-order chi connectivity index (χ1) is 12.3. The van der Waals surface area contributed by atoms with Crippen LogP contribution in [0.5, 0.6) is 0 Å². The van der Waals surface area contributed by atoms with Crippen molar-refractivity contribution in [2.45, 2.75) is 63.5 Å². The van der Waals surface area contributed by atoms with Gasteiger partial charge in [-0.25, -0.2) is 0 Å². The monoisotopic (exact) mass is 374 g/mol. The number of hydrogen-bond acceptors (Lipinski definition) is 2. The van der Waals surface area contributed by atoms with Gasteiger partial charge >= 0.3 is 0 Å². The van der Waals surface area contributed by atoms with E-state index in [0.717, 1.165) is 38.3 Å². The zero-order chi connectivity index (χ0) is 16.9. The second-order valence-electron chi connectivity index (χ2n) is 8.99. The molecule has 2 aliphatic heterocycles. The molecular weight excluding hydrogens is 344 g/mol. The van der Waals surface area contributed by atoms with E-state index in [2.05, 4.69) is 40.5 Å². The molecule has 1 aromatic carbocycles. The second kappa shape index (κ2) is 7.16. The lowest BCUT2D eigenvalue weighted by atomic mass is 9.68. The van der Waals surface area contributed by atoms with Crippen LogP contribution in [-0.4, -0.2) is 36.0 Å². The molecule has 1 N–H and O–H groups in total. The first kappa shape index (κ1) is 18.3. The van der Waals surface area contributed by atoms with E-state index in [0.29, 0.717) is 23.9 Å². The Morgan fingerprint density at radius 2 is 1.88 bits per heavy atom. The van der Waals surface area contributed by atoms with E-state index in [-0.39, 0.29) is 17.8 Å². The number of nitrogens with zero attached hydrogens (tertiary/aromatic N) is 1. The van der Waals surface area contributed by atoms with Gasteiger partial charge in [0.2, 0.25) is 5.91 Å². The Morgan fingerprint density at radius 1 is 1.08 bits per heavy atom. The number of fused-ring (bicyclic) bond motifs is 4. The van der Waals surface area contributed by atoms with Gasteiger partial charge in [-0.3, -0.25) is 4.79 Å². The minimum atomic E-state index is -0.116. The molecule has 2 saturated carbocycles. The molecule has 5 rings (SSSR count). The molecule has 2 heterocycles. The number of nitrogens with one attached hydrogen (secondary N) is 1. The van der Waals surface area contributed by atoms with Crippen LogP contribution in [0.3, 0.4) is 0 Å². The minimum Gasteiger partial charge on any atom is -0.335 e. The van der Waals surface area contributed by atoms with Gasteiger partial charge in [0.15, 0.2) is 0 Å². The first-order valence-corrected chi connectivity index (χ1v) is 10.3. The van der Waals surface area contributed by atoms with E-state index in [1.165, 1.54) is 37.7 Å². The first-order valence-electron chi connectivity index (χ1n) is 10.3. The van der Waals surface area contributed by atoms with E-state index >= 15 is 0 Å². The Hall–Kier alpha value is -1.06. The molecule has 0 aromatic heterocycles. The topological polar surface area (TPSA) is 32.3 Å². The third-order valence-electron chi connectivity index (χ3n) is 7.65.